The number of H-pyrrole nitrogens is 1. The molecule has 0 aliphatic carbocycles. The van der Waals surface area contributed by atoms with Crippen molar-refractivity contribution in [3.8, 4) is 11.3 Å². The summed E-state index contributed by atoms with van der Waals surface area (Å²) in [6.45, 7) is 4.32. The predicted octanol–water partition coefficient (Wildman–Crippen LogP) is 2.64. The molecule has 2 aromatic rings. The van der Waals surface area contributed by atoms with Crippen molar-refractivity contribution < 1.29 is 9.53 Å². The van der Waals surface area contributed by atoms with Crippen LogP contribution in [0.1, 0.15) is 13.8 Å². The molecule has 1 aromatic carbocycles. The molecule has 0 spiro atoms. The van der Waals surface area contributed by atoms with Crippen LogP contribution in [-0.4, -0.2) is 22.9 Å². The molecule has 0 bridgehead atoms. The summed E-state index contributed by atoms with van der Waals surface area (Å²) in [5.74, 6) is 0.296. The Balaban J connectivity index is 2.00. The Kier molecular flexibility index (Phi) is 4.71. The first-order chi connectivity index (χ1) is 10.0. The zero-order valence-electron chi connectivity index (χ0n) is 11.9. The van der Waals surface area contributed by atoms with Crippen molar-refractivity contribution in [1.82, 2.24) is 10.2 Å². The van der Waals surface area contributed by atoms with Gasteiger partial charge in [0.2, 0.25) is 0 Å². The van der Waals surface area contributed by atoms with Crippen molar-refractivity contribution in [3.05, 3.63) is 46.8 Å². The largest absolute Gasteiger partial charge is 0.449 e. The molecule has 0 saturated carbocycles. The van der Waals surface area contributed by atoms with Crippen molar-refractivity contribution in [1.29, 1.82) is 0 Å². The molecule has 21 heavy (non-hydrogen) atoms. The van der Waals surface area contributed by atoms with E-state index in [0.717, 1.165) is 5.56 Å². The second kappa shape index (κ2) is 6.69. The summed E-state index contributed by atoms with van der Waals surface area (Å²) in [6, 6.07) is 10.2. The van der Waals surface area contributed by atoms with Crippen LogP contribution in [-0.2, 0) is 4.74 Å². The van der Waals surface area contributed by atoms with Gasteiger partial charge in [0, 0.05) is 17.3 Å². The first-order valence-corrected chi connectivity index (χ1v) is 6.64. The number of amides is 1. The maximum Gasteiger partial charge on any atom is 0.411 e. The Morgan fingerprint density at radius 3 is 2.52 bits per heavy atom. The lowest BCUT2D eigenvalue weighted by Gasteiger charge is -2.09. The van der Waals surface area contributed by atoms with Crippen LogP contribution in [0.25, 0.3) is 11.3 Å². The topological polar surface area (TPSA) is 84.1 Å². The smallest absolute Gasteiger partial charge is 0.411 e. The van der Waals surface area contributed by atoms with Crippen molar-refractivity contribution in [3.63, 3.8) is 0 Å². The highest BCUT2D eigenvalue weighted by atomic mass is 16.5. The quantitative estimate of drug-likeness (QED) is 0.905. The van der Waals surface area contributed by atoms with Crippen LogP contribution < -0.4 is 10.9 Å². The van der Waals surface area contributed by atoms with Crippen LogP contribution >= 0.6 is 0 Å². The minimum Gasteiger partial charge on any atom is -0.449 e. The molecule has 6 heteroatoms. The monoisotopic (exact) mass is 287 g/mol. The molecule has 1 amide bonds. The molecule has 1 aromatic heterocycles. The summed E-state index contributed by atoms with van der Waals surface area (Å²) < 4.78 is 5.03. The highest BCUT2D eigenvalue weighted by Gasteiger charge is 2.05. The first kappa shape index (κ1) is 14.8. The van der Waals surface area contributed by atoms with E-state index in [2.05, 4.69) is 15.5 Å². The number of hydrogen-bond donors (Lipinski definition) is 2. The minimum atomic E-state index is -0.474. The fourth-order valence-corrected chi connectivity index (χ4v) is 1.63. The van der Waals surface area contributed by atoms with Crippen molar-refractivity contribution >= 4 is 11.8 Å². The number of nitrogens with one attached hydrogen (secondary N) is 2. The van der Waals surface area contributed by atoms with Crippen LogP contribution in [0.2, 0.25) is 0 Å². The second-order valence-electron chi connectivity index (χ2n) is 5.00. The molecule has 0 fully saturated rings. The van der Waals surface area contributed by atoms with Gasteiger partial charge in [-0.25, -0.2) is 9.89 Å². The van der Waals surface area contributed by atoms with Gasteiger partial charge in [0.15, 0.2) is 0 Å². The summed E-state index contributed by atoms with van der Waals surface area (Å²) >= 11 is 0. The second-order valence-corrected chi connectivity index (χ2v) is 5.00. The molecule has 0 saturated heterocycles. The number of carbonyl (C=O) groups excluding carboxylic acids is 1. The van der Waals surface area contributed by atoms with Crippen LogP contribution in [0.15, 0.2) is 41.2 Å². The Bertz CT molecular complexity index is 642. The molecular weight excluding hydrogens is 270 g/mol. The van der Waals surface area contributed by atoms with Gasteiger partial charge in [0.05, 0.1) is 12.3 Å². The van der Waals surface area contributed by atoms with E-state index in [-0.39, 0.29) is 5.56 Å². The van der Waals surface area contributed by atoms with E-state index < -0.39 is 6.09 Å². The number of anilines is 1. The third-order valence-electron chi connectivity index (χ3n) is 2.65. The van der Waals surface area contributed by atoms with Gasteiger partial charge in [-0.1, -0.05) is 26.0 Å². The van der Waals surface area contributed by atoms with Gasteiger partial charge >= 0.3 is 6.09 Å². The van der Waals surface area contributed by atoms with Gasteiger partial charge in [-0.3, -0.25) is 10.1 Å². The number of rotatable bonds is 4. The molecule has 110 valence electrons. The molecule has 0 aliphatic rings. The fourth-order valence-electron chi connectivity index (χ4n) is 1.63. The van der Waals surface area contributed by atoms with Gasteiger partial charge in [-0.2, -0.15) is 5.10 Å². The van der Waals surface area contributed by atoms with E-state index in [0.29, 0.717) is 23.9 Å². The maximum absolute atomic E-state index is 11.5. The normalized spacial score (nSPS) is 10.4. The number of aromatic nitrogens is 2. The average molecular weight is 287 g/mol. The third-order valence-corrected chi connectivity index (χ3v) is 2.65. The van der Waals surface area contributed by atoms with Crippen LogP contribution in [0.5, 0.6) is 0 Å². The maximum atomic E-state index is 11.5. The number of carbonyl (C=O) groups is 1. The SMILES string of the molecule is CC(C)COC(=O)Nc1ccc(-c2ccc(=O)[nH]n2)cc1. The molecule has 2 rings (SSSR count). The van der Waals surface area contributed by atoms with Crippen molar-refractivity contribution in [2.24, 2.45) is 5.92 Å². The molecule has 0 aliphatic heterocycles. The minimum absolute atomic E-state index is 0.245. The summed E-state index contributed by atoms with van der Waals surface area (Å²) in [5, 5.41) is 8.96. The molecule has 6 nitrogen and oxygen atoms in total. The van der Waals surface area contributed by atoms with E-state index in [9.17, 15) is 9.59 Å². The van der Waals surface area contributed by atoms with Gasteiger partial charge in [0.1, 0.15) is 0 Å². The lowest BCUT2D eigenvalue weighted by Crippen LogP contribution is -2.16. The Morgan fingerprint density at radius 2 is 1.95 bits per heavy atom. The van der Waals surface area contributed by atoms with E-state index >= 15 is 0 Å². The molecule has 0 atom stereocenters. The van der Waals surface area contributed by atoms with Crippen molar-refractivity contribution in [2.75, 3.05) is 11.9 Å². The standard InChI is InChI=1S/C15H17N3O3/c1-10(2)9-21-15(20)16-12-5-3-11(4-6-12)13-7-8-14(19)18-17-13/h3-8,10H,9H2,1-2H3,(H,16,20)(H,18,19). The summed E-state index contributed by atoms with van der Waals surface area (Å²) in [6.07, 6.45) is -0.474. The summed E-state index contributed by atoms with van der Waals surface area (Å²) in [7, 11) is 0. The Hall–Kier alpha value is -2.63. The average Bonchev–Trinajstić information content (AvgIpc) is 2.47. The highest BCUT2D eigenvalue weighted by Crippen LogP contribution is 2.18. The predicted molar refractivity (Wildman–Crippen MR) is 80.1 cm³/mol. The number of aromatic amines is 1. The zero-order valence-corrected chi connectivity index (χ0v) is 11.9. The zero-order chi connectivity index (χ0) is 15.2. The molecule has 2 N–H and O–H groups in total. The third kappa shape index (κ3) is 4.45. The summed E-state index contributed by atoms with van der Waals surface area (Å²) in [5.41, 5.74) is 1.89. The molecule has 0 unspecified atom stereocenters. The van der Waals surface area contributed by atoms with Crippen LogP contribution in [0.4, 0.5) is 10.5 Å². The van der Waals surface area contributed by atoms with Crippen LogP contribution in [0, 0.1) is 5.92 Å². The lowest BCUT2D eigenvalue weighted by atomic mass is 10.1. The highest BCUT2D eigenvalue weighted by molar-refractivity contribution is 5.85. The molecule has 0 radical (unpaired) electrons. The molecular formula is C15H17N3O3. The Morgan fingerprint density at radius 1 is 1.24 bits per heavy atom. The van der Waals surface area contributed by atoms with Crippen LogP contribution in [0.3, 0.4) is 0 Å². The van der Waals surface area contributed by atoms with Crippen molar-refractivity contribution in [2.45, 2.75) is 13.8 Å². The number of hydrogen-bond acceptors (Lipinski definition) is 4. The number of nitrogens with zero attached hydrogens (tertiary/aromatic N) is 1. The van der Waals surface area contributed by atoms with Gasteiger partial charge < -0.3 is 4.74 Å². The van der Waals surface area contributed by atoms with Gasteiger partial charge in [0.25, 0.3) is 5.56 Å². The van der Waals surface area contributed by atoms with E-state index in [1.54, 1.807) is 30.3 Å². The number of benzene rings is 1. The fraction of sp³-hybridized carbons (Fsp3) is 0.267. The van der Waals surface area contributed by atoms with E-state index in [1.807, 2.05) is 13.8 Å². The first-order valence-electron chi connectivity index (χ1n) is 6.64. The van der Waals surface area contributed by atoms with E-state index in [4.69, 9.17) is 4.74 Å². The number of ether oxygens (including phenoxy) is 1. The lowest BCUT2D eigenvalue weighted by molar-refractivity contribution is 0.147. The van der Waals surface area contributed by atoms with Gasteiger partial charge in [-0.15, -0.1) is 0 Å². The van der Waals surface area contributed by atoms with Gasteiger partial charge in [-0.05, 0) is 24.1 Å². The molecule has 1 heterocycles. The summed E-state index contributed by atoms with van der Waals surface area (Å²) in [4.78, 5) is 22.5. The Labute approximate surface area is 122 Å². The van der Waals surface area contributed by atoms with E-state index in [1.165, 1.54) is 6.07 Å².